The summed E-state index contributed by atoms with van der Waals surface area (Å²) in [6, 6.07) is 18.3. The molecule has 0 unspecified atom stereocenters. The Hall–Kier alpha value is -3.15. The molecular formula is C21H19F2NO3. The average molecular weight is 371 g/mol. The predicted molar refractivity (Wildman–Crippen MR) is 99.1 cm³/mol. The van der Waals surface area contributed by atoms with E-state index in [1.807, 2.05) is 42.5 Å². The van der Waals surface area contributed by atoms with E-state index in [9.17, 15) is 13.6 Å². The highest BCUT2D eigenvalue weighted by Crippen LogP contribution is 2.29. The maximum atomic E-state index is 12.4. The van der Waals surface area contributed by atoms with Gasteiger partial charge in [0.25, 0.3) is 0 Å². The topological polar surface area (TPSA) is 47.6 Å². The van der Waals surface area contributed by atoms with Gasteiger partial charge < -0.3 is 14.8 Å². The molecule has 0 bridgehead atoms. The smallest absolute Gasteiger partial charge is 0.387 e. The molecule has 0 saturated heterocycles. The molecule has 0 heterocycles. The number of amides is 1. The van der Waals surface area contributed by atoms with Gasteiger partial charge in [-0.2, -0.15) is 8.78 Å². The van der Waals surface area contributed by atoms with Crippen molar-refractivity contribution in [1.82, 2.24) is 5.32 Å². The van der Waals surface area contributed by atoms with Crippen LogP contribution in [-0.4, -0.2) is 19.6 Å². The number of fused-ring (bicyclic) bond motifs is 1. The quantitative estimate of drug-likeness (QED) is 0.673. The highest BCUT2D eigenvalue weighted by molar-refractivity contribution is 5.90. The van der Waals surface area contributed by atoms with Gasteiger partial charge in [-0.25, -0.2) is 0 Å². The summed E-state index contributed by atoms with van der Waals surface area (Å²) < 4.78 is 34.2. The van der Waals surface area contributed by atoms with E-state index in [-0.39, 0.29) is 30.4 Å². The maximum Gasteiger partial charge on any atom is 0.387 e. The van der Waals surface area contributed by atoms with E-state index < -0.39 is 6.61 Å². The molecule has 3 aromatic rings. The highest BCUT2D eigenvalue weighted by atomic mass is 19.3. The Morgan fingerprint density at radius 3 is 2.59 bits per heavy atom. The standard InChI is InChI=1S/C21H19F2NO3/c1-26-19-11-14(9-10-18(19)27-21(22)23)13-24-20(25)12-16-7-4-6-15-5-2-3-8-17(15)16/h2-11,21H,12-13H2,1H3,(H,24,25). The van der Waals surface area contributed by atoms with Gasteiger partial charge in [0.2, 0.25) is 5.91 Å². The van der Waals surface area contributed by atoms with Crippen LogP contribution < -0.4 is 14.8 Å². The third kappa shape index (κ3) is 4.73. The molecule has 3 rings (SSSR count). The van der Waals surface area contributed by atoms with Crippen LogP contribution in [0.3, 0.4) is 0 Å². The molecule has 27 heavy (non-hydrogen) atoms. The largest absolute Gasteiger partial charge is 0.493 e. The number of hydrogen-bond acceptors (Lipinski definition) is 3. The molecule has 0 aromatic heterocycles. The Kier molecular flexibility index (Phi) is 5.86. The molecule has 140 valence electrons. The monoisotopic (exact) mass is 371 g/mol. The van der Waals surface area contributed by atoms with Gasteiger partial charge in [-0.15, -0.1) is 0 Å². The molecule has 0 atom stereocenters. The molecule has 1 N–H and O–H groups in total. The maximum absolute atomic E-state index is 12.4. The lowest BCUT2D eigenvalue weighted by atomic mass is 10.0. The first kappa shape index (κ1) is 18.6. The Balaban J connectivity index is 1.65. The Morgan fingerprint density at radius 2 is 1.81 bits per heavy atom. The van der Waals surface area contributed by atoms with Crippen LogP contribution in [-0.2, 0) is 17.8 Å². The van der Waals surface area contributed by atoms with Crippen molar-refractivity contribution in [2.75, 3.05) is 7.11 Å². The van der Waals surface area contributed by atoms with Crippen LogP contribution in [0.15, 0.2) is 60.7 Å². The Bertz CT molecular complexity index is 938. The van der Waals surface area contributed by atoms with E-state index >= 15 is 0 Å². The lowest BCUT2D eigenvalue weighted by molar-refractivity contribution is -0.120. The minimum absolute atomic E-state index is 0.0432. The molecular weight excluding hydrogens is 352 g/mol. The van der Waals surface area contributed by atoms with Crippen molar-refractivity contribution in [3.8, 4) is 11.5 Å². The fourth-order valence-electron chi connectivity index (χ4n) is 2.90. The first-order chi connectivity index (χ1) is 13.1. The predicted octanol–water partition coefficient (Wildman–Crippen LogP) is 4.31. The lowest BCUT2D eigenvalue weighted by Gasteiger charge is -2.12. The summed E-state index contributed by atoms with van der Waals surface area (Å²) in [5.41, 5.74) is 1.67. The van der Waals surface area contributed by atoms with Gasteiger partial charge in [0.15, 0.2) is 11.5 Å². The van der Waals surface area contributed by atoms with Gasteiger partial charge in [-0.1, -0.05) is 48.5 Å². The molecule has 0 spiro atoms. The van der Waals surface area contributed by atoms with Crippen LogP contribution in [0.2, 0.25) is 0 Å². The van der Waals surface area contributed by atoms with Crippen molar-refractivity contribution in [1.29, 1.82) is 0 Å². The molecule has 0 aliphatic heterocycles. The number of ether oxygens (including phenoxy) is 2. The molecule has 0 radical (unpaired) electrons. The van der Waals surface area contributed by atoms with Crippen LogP contribution in [0.25, 0.3) is 10.8 Å². The lowest BCUT2D eigenvalue weighted by Crippen LogP contribution is -2.24. The third-order valence-corrected chi connectivity index (χ3v) is 4.16. The zero-order chi connectivity index (χ0) is 19.2. The summed E-state index contributed by atoms with van der Waals surface area (Å²) in [5.74, 6) is 0.0210. The molecule has 4 nitrogen and oxygen atoms in total. The molecule has 1 amide bonds. The fourth-order valence-corrected chi connectivity index (χ4v) is 2.90. The molecule has 0 fully saturated rings. The van der Waals surface area contributed by atoms with Crippen LogP contribution >= 0.6 is 0 Å². The molecule has 3 aromatic carbocycles. The summed E-state index contributed by atoms with van der Waals surface area (Å²) in [6.07, 6.45) is 0.255. The van der Waals surface area contributed by atoms with E-state index in [2.05, 4.69) is 10.1 Å². The van der Waals surface area contributed by atoms with Crippen molar-refractivity contribution >= 4 is 16.7 Å². The van der Waals surface area contributed by atoms with Crippen LogP contribution in [0.5, 0.6) is 11.5 Å². The first-order valence-corrected chi connectivity index (χ1v) is 8.42. The number of carbonyl (C=O) groups excluding carboxylic acids is 1. The molecule has 0 aliphatic carbocycles. The van der Waals surface area contributed by atoms with Crippen molar-refractivity contribution in [3.63, 3.8) is 0 Å². The summed E-state index contributed by atoms with van der Waals surface area (Å²) in [5, 5.41) is 4.97. The van der Waals surface area contributed by atoms with Gasteiger partial charge in [0, 0.05) is 6.54 Å². The number of alkyl halides is 2. The average Bonchev–Trinajstić information content (AvgIpc) is 2.67. The number of carbonyl (C=O) groups is 1. The van der Waals surface area contributed by atoms with Crippen molar-refractivity contribution in [3.05, 3.63) is 71.8 Å². The molecule has 0 aliphatic rings. The molecule has 0 saturated carbocycles. The number of benzene rings is 3. The van der Waals surface area contributed by atoms with Crippen molar-refractivity contribution in [2.45, 2.75) is 19.6 Å². The van der Waals surface area contributed by atoms with E-state index in [0.717, 1.165) is 21.9 Å². The Morgan fingerprint density at radius 1 is 1.04 bits per heavy atom. The second kappa shape index (κ2) is 8.49. The molecule has 6 heteroatoms. The first-order valence-electron chi connectivity index (χ1n) is 8.42. The van der Waals surface area contributed by atoms with Crippen LogP contribution in [0.4, 0.5) is 8.78 Å². The zero-order valence-corrected chi connectivity index (χ0v) is 14.7. The zero-order valence-electron chi connectivity index (χ0n) is 14.7. The van der Waals surface area contributed by atoms with Gasteiger partial charge in [0.05, 0.1) is 13.5 Å². The minimum Gasteiger partial charge on any atom is -0.493 e. The third-order valence-electron chi connectivity index (χ3n) is 4.16. The second-order valence-corrected chi connectivity index (χ2v) is 5.96. The fraction of sp³-hybridized carbons (Fsp3) is 0.190. The van der Waals surface area contributed by atoms with E-state index in [1.165, 1.54) is 13.2 Å². The highest BCUT2D eigenvalue weighted by Gasteiger charge is 2.12. The van der Waals surface area contributed by atoms with E-state index in [0.29, 0.717) is 0 Å². The number of rotatable bonds is 7. The minimum atomic E-state index is -2.93. The van der Waals surface area contributed by atoms with Crippen LogP contribution in [0, 0.1) is 0 Å². The Labute approximate surface area is 155 Å². The second-order valence-electron chi connectivity index (χ2n) is 5.96. The number of nitrogens with one attached hydrogen (secondary N) is 1. The summed E-state index contributed by atoms with van der Waals surface area (Å²) in [4.78, 5) is 12.3. The number of methoxy groups -OCH3 is 1. The summed E-state index contributed by atoms with van der Waals surface area (Å²) in [7, 11) is 1.37. The van der Waals surface area contributed by atoms with E-state index in [4.69, 9.17) is 4.74 Å². The van der Waals surface area contributed by atoms with E-state index in [1.54, 1.807) is 12.1 Å². The summed E-state index contributed by atoms with van der Waals surface area (Å²) >= 11 is 0. The van der Waals surface area contributed by atoms with Gasteiger partial charge in [0.1, 0.15) is 0 Å². The van der Waals surface area contributed by atoms with Crippen molar-refractivity contribution in [2.24, 2.45) is 0 Å². The van der Waals surface area contributed by atoms with Crippen LogP contribution in [0.1, 0.15) is 11.1 Å². The normalized spacial score (nSPS) is 10.8. The SMILES string of the molecule is COc1cc(CNC(=O)Cc2cccc3ccccc23)ccc1OC(F)F. The summed E-state index contributed by atoms with van der Waals surface area (Å²) in [6.45, 7) is -2.67. The van der Waals surface area contributed by atoms with Gasteiger partial charge >= 0.3 is 6.61 Å². The van der Waals surface area contributed by atoms with Crippen molar-refractivity contribution < 1.29 is 23.0 Å². The number of hydrogen-bond donors (Lipinski definition) is 1. The van der Waals surface area contributed by atoms with Gasteiger partial charge in [-0.3, -0.25) is 4.79 Å². The number of halogens is 2. The van der Waals surface area contributed by atoms with Gasteiger partial charge in [-0.05, 0) is 34.0 Å².